The molecular weight excluding hydrogens is 325 g/mol. The molecule has 0 saturated heterocycles. The molecule has 0 aliphatic heterocycles. The van der Waals surface area contributed by atoms with E-state index in [1.54, 1.807) is 0 Å². The summed E-state index contributed by atoms with van der Waals surface area (Å²) in [5, 5.41) is -2.97. The predicted molar refractivity (Wildman–Crippen MR) is 59.3 cm³/mol. The lowest BCUT2D eigenvalue weighted by atomic mass is 10.2. The molecule has 1 aromatic rings. The van der Waals surface area contributed by atoms with Crippen LogP contribution in [0.25, 0.3) is 0 Å². The van der Waals surface area contributed by atoms with E-state index in [4.69, 9.17) is 46.4 Å². The van der Waals surface area contributed by atoms with E-state index in [-0.39, 0.29) is 0 Å². The number of aliphatic imine (C=N–C) groups is 1. The van der Waals surface area contributed by atoms with Crippen LogP contribution in [0.4, 0.5) is 18.9 Å². The Kier molecular flexibility index (Phi) is 4.33. The minimum absolute atomic E-state index is 0.452. The van der Waals surface area contributed by atoms with E-state index in [1.807, 2.05) is 0 Å². The van der Waals surface area contributed by atoms with Crippen LogP contribution in [0, 0.1) is 0 Å². The maximum Gasteiger partial charge on any atom is 0.419 e. The molecular formula is C8Cl4F3NO. The van der Waals surface area contributed by atoms with Gasteiger partial charge in [0.15, 0.2) is 0 Å². The van der Waals surface area contributed by atoms with Crippen molar-refractivity contribution in [3.8, 4) is 0 Å². The summed E-state index contributed by atoms with van der Waals surface area (Å²) in [6.45, 7) is 0. The summed E-state index contributed by atoms with van der Waals surface area (Å²) in [5.74, 6) is 0. The molecule has 0 spiro atoms. The second kappa shape index (κ2) is 5.04. The van der Waals surface area contributed by atoms with Gasteiger partial charge in [0.25, 0.3) is 0 Å². The molecule has 0 atom stereocenters. The van der Waals surface area contributed by atoms with Gasteiger partial charge < -0.3 is 0 Å². The third-order valence-corrected chi connectivity index (χ3v) is 3.37. The van der Waals surface area contributed by atoms with Crippen LogP contribution in [0.1, 0.15) is 5.56 Å². The van der Waals surface area contributed by atoms with Crippen LogP contribution in [-0.2, 0) is 11.0 Å². The van der Waals surface area contributed by atoms with Gasteiger partial charge in [0.2, 0.25) is 6.08 Å². The Morgan fingerprint density at radius 3 is 1.65 bits per heavy atom. The second-order valence-corrected chi connectivity index (χ2v) is 4.19. The van der Waals surface area contributed by atoms with E-state index in [0.29, 0.717) is 0 Å². The van der Waals surface area contributed by atoms with Crippen LogP contribution in [0.15, 0.2) is 4.99 Å². The van der Waals surface area contributed by atoms with Crippen molar-refractivity contribution in [1.82, 2.24) is 0 Å². The molecule has 0 saturated carbocycles. The number of hydrogen-bond acceptors (Lipinski definition) is 2. The van der Waals surface area contributed by atoms with Gasteiger partial charge in [-0.2, -0.15) is 18.2 Å². The molecule has 9 heteroatoms. The van der Waals surface area contributed by atoms with Gasteiger partial charge in [0.05, 0.1) is 25.7 Å². The molecule has 0 bridgehead atoms. The van der Waals surface area contributed by atoms with Gasteiger partial charge in [-0.1, -0.05) is 46.4 Å². The monoisotopic (exact) mass is 323 g/mol. The lowest BCUT2D eigenvalue weighted by molar-refractivity contribution is -0.137. The van der Waals surface area contributed by atoms with Crippen molar-refractivity contribution in [2.24, 2.45) is 4.99 Å². The van der Waals surface area contributed by atoms with E-state index < -0.39 is 37.5 Å². The summed E-state index contributed by atoms with van der Waals surface area (Å²) < 4.78 is 37.8. The Bertz CT molecular complexity index is 493. The molecule has 0 unspecified atom stereocenters. The van der Waals surface area contributed by atoms with Crippen molar-refractivity contribution in [3.63, 3.8) is 0 Å². The Hall–Kier alpha value is -0.450. The zero-order valence-electron chi connectivity index (χ0n) is 7.50. The zero-order valence-corrected chi connectivity index (χ0v) is 10.5. The molecule has 2 nitrogen and oxygen atoms in total. The number of isocyanates is 1. The lowest BCUT2D eigenvalue weighted by Crippen LogP contribution is -2.07. The van der Waals surface area contributed by atoms with Gasteiger partial charge in [-0.25, -0.2) is 4.79 Å². The fourth-order valence-electron chi connectivity index (χ4n) is 1.01. The molecule has 0 aromatic heterocycles. The fourth-order valence-corrected chi connectivity index (χ4v) is 2.15. The Labute approximate surface area is 113 Å². The van der Waals surface area contributed by atoms with Crippen molar-refractivity contribution in [2.45, 2.75) is 6.18 Å². The van der Waals surface area contributed by atoms with Crippen molar-refractivity contribution < 1.29 is 18.0 Å². The highest BCUT2D eigenvalue weighted by molar-refractivity contribution is 6.50. The number of carbonyl (C=O) groups excluding carboxylic acids is 1. The van der Waals surface area contributed by atoms with Crippen LogP contribution >= 0.6 is 46.4 Å². The van der Waals surface area contributed by atoms with E-state index >= 15 is 0 Å². The first kappa shape index (κ1) is 14.6. The van der Waals surface area contributed by atoms with E-state index in [2.05, 4.69) is 4.99 Å². The number of alkyl halides is 3. The van der Waals surface area contributed by atoms with Crippen molar-refractivity contribution in [1.29, 1.82) is 0 Å². The molecule has 0 aliphatic carbocycles. The highest BCUT2D eigenvalue weighted by atomic mass is 35.5. The summed E-state index contributed by atoms with van der Waals surface area (Å²) in [6.07, 6.45) is -3.74. The zero-order chi connectivity index (χ0) is 13.4. The normalized spacial score (nSPS) is 11.2. The first-order valence-electron chi connectivity index (χ1n) is 3.72. The summed E-state index contributed by atoms with van der Waals surface area (Å²) in [7, 11) is 0. The largest absolute Gasteiger partial charge is 0.419 e. The maximum absolute atomic E-state index is 12.6. The van der Waals surface area contributed by atoms with Crippen LogP contribution in [0.3, 0.4) is 0 Å². The topological polar surface area (TPSA) is 29.4 Å². The Balaban J connectivity index is 3.77. The van der Waals surface area contributed by atoms with Crippen LogP contribution in [0.5, 0.6) is 0 Å². The first-order chi connectivity index (χ1) is 7.71. The molecule has 17 heavy (non-hydrogen) atoms. The smallest absolute Gasteiger partial charge is 0.211 e. The number of hydrogen-bond donors (Lipinski definition) is 0. The van der Waals surface area contributed by atoms with Crippen molar-refractivity contribution in [2.75, 3.05) is 0 Å². The SMILES string of the molecule is O=C=Nc1c(Cl)c(Cl)c(C(F)(F)F)c(Cl)c1Cl. The van der Waals surface area contributed by atoms with Gasteiger partial charge in [-0.15, -0.1) is 0 Å². The molecule has 0 amide bonds. The van der Waals surface area contributed by atoms with E-state index in [1.165, 1.54) is 0 Å². The van der Waals surface area contributed by atoms with Gasteiger partial charge in [0, 0.05) is 0 Å². The van der Waals surface area contributed by atoms with Gasteiger partial charge in [-0.05, 0) is 0 Å². The molecule has 92 valence electrons. The predicted octanol–water partition coefficient (Wildman–Crippen LogP) is 5.29. The highest BCUT2D eigenvalue weighted by Gasteiger charge is 2.39. The quantitative estimate of drug-likeness (QED) is 0.392. The third kappa shape index (κ3) is 2.69. The number of benzene rings is 1. The summed E-state index contributed by atoms with van der Waals surface area (Å²) in [6, 6.07) is 0. The molecule has 0 radical (unpaired) electrons. The van der Waals surface area contributed by atoms with E-state index in [9.17, 15) is 18.0 Å². The number of rotatable bonds is 1. The molecule has 0 aliphatic rings. The van der Waals surface area contributed by atoms with Gasteiger partial charge >= 0.3 is 6.18 Å². The standard InChI is InChI=1S/C8Cl4F3NO/c9-3-2(8(13,14)15)4(10)6(12)7(5(3)11)16-1-17. The first-order valence-corrected chi connectivity index (χ1v) is 5.24. The molecule has 1 rings (SSSR count). The van der Waals surface area contributed by atoms with Crippen molar-refractivity contribution >= 4 is 58.2 Å². The molecule has 0 fully saturated rings. The molecule has 1 aromatic carbocycles. The molecule has 0 heterocycles. The maximum atomic E-state index is 12.6. The third-order valence-electron chi connectivity index (χ3n) is 1.68. The average Bonchev–Trinajstić information content (AvgIpc) is 2.20. The van der Waals surface area contributed by atoms with Crippen LogP contribution in [0.2, 0.25) is 20.1 Å². The number of halogens is 7. The summed E-state index contributed by atoms with van der Waals surface area (Å²) in [4.78, 5) is 13.1. The molecule has 0 N–H and O–H groups in total. The van der Waals surface area contributed by atoms with E-state index in [0.717, 1.165) is 6.08 Å². The minimum atomic E-state index is -4.83. The van der Waals surface area contributed by atoms with Crippen LogP contribution in [-0.4, -0.2) is 6.08 Å². The average molecular weight is 325 g/mol. The van der Waals surface area contributed by atoms with Gasteiger partial charge in [0.1, 0.15) is 5.69 Å². The van der Waals surface area contributed by atoms with Gasteiger partial charge in [-0.3, -0.25) is 0 Å². The Morgan fingerprint density at radius 2 is 1.35 bits per heavy atom. The van der Waals surface area contributed by atoms with Crippen LogP contribution < -0.4 is 0 Å². The second-order valence-electron chi connectivity index (χ2n) is 2.68. The van der Waals surface area contributed by atoms with Crippen molar-refractivity contribution in [3.05, 3.63) is 25.7 Å². The summed E-state index contributed by atoms with van der Waals surface area (Å²) in [5.41, 5.74) is -1.83. The summed E-state index contributed by atoms with van der Waals surface area (Å²) >= 11 is 21.8. The minimum Gasteiger partial charge on any atom is -0.211 e. The fraction of sp³-hybridized carbons (Fsp3) is 0.125. The highest BCUT2D eigenvalue weighted by Crippen LogP contribution is 2.50. The number of nitrogens with zero attached hydrogens (tertiary/aromatic N) is 1. The Morgan fingerprint density at radius 1 is 0.941 bits per heavy atom. The lowest BCUT2D eigenvalue weighted by Gasteiger charge is -2.14.